The van der Waals surface area contributed by atoms with Gasteiger partial charge in [-0.15, -0.1) is 5.10 Å². The average molecular weight is 392 g/mol. The summed E-state index contributed by atoms with van der Waals surface area (Å²) in [7, 11) is 0. The zero-order valence-electron chi connectivity index (χ0n) is 16.8. The van der Waals surface area contributed by atoms with Gasteiger partial charge in [-0.1, -0.05) is 24.3 Å². The lowest BCUT2D eigenvalue weighted by Gasteiger charge is -2.37. The molecule has 3 aromatic rings. The van der Waals surface area contributed by atoms with Crippen LogP contribution in [0.25, 0.3) is 0 Å². The van der Waals surface area contributed by atoms with Crippen LogP contribution in [-0.4, -0.2) is 41.4 Å². The number of aromatic nitrogens is 3. The molecule has 29 heavy (non-hydrogen) atoms. The van der Waals surface area contributed by atoms with Crippen LogP contribution in [-0.2, 0) is 6.54 Å². The Hall–Kier alpha value is -3.22. The van der Waals surface area contributed by atoms with Gasteiger partial charge in [-0.25, -0.2) is 4.39 Å². The first-order valence-corrected chi connectivity index (χ1v) is 9.84. The van der Waals surface area contributed by atoms with E-state index < -0.39 is 0 Å². The van der Waals surface area contributed by atoms with E-state index >= 15 is 0 Å². The Bertz CT molecular complexity index is 967. The normalized spacial score (nSPS) is 14.2. The third kappa shape index (κ3) is 4.45. The molecule has 0 bridgehead atoms. The predicted octanol–water partition coefficient (Wildman–Crippen LogP) is 3.57. The quantitative estimate of drug-likeness (QED) is 0.716. The maximum absolute atomic E-state index is 13.0. The van der Waals surface area contributed by atoms with Crippen molar-refractivity contribution in [1.82, 2.24) is 15.2 Å². The minimum atomic E-state index is -0.242. The van der Waals surface area contributed by atoms with Gasteiger partial charge >= 0.3 is 0 Å². The van der Waals surface area contributed by atoms with Crippen molar-refractivity contribution in [3.8, 4) is 0 Å². The van der Waals surface area contributed by atoms with E-state index in [2.05, 4.69) is 62.3 Å². The predicted molar refractivity (Wildman–Crippen MR) is 114 cm³/mol. The van der Waals surface area contributed by atoms with Crippen molar-refractivity contribution in [2.24, 2.45) is 0 Å². The van der Waals surface area contributed by atoms with Crippen LogP contribution in [0.5, 0.6) is 0 Å². The molecule has 7 heteroatoms. The number of anilines is 3. The molecule has 1 aliphatic rings. The van der Waals surface area contributed by atoms with Gasteiger partial charge in [-0.3, -0.25) is 0 Å². The van der Waals surface area contributed by atoms with Gasteiger partial charge in [0, 0.05) is 38.4 Å². The van der Waals surface area contributed by atoms with Crippen molar-refractivity contribution in [3.63, 3.8) is 0 Å². The molecule has 0 radical (unpaired) electrons. The van der Waals surface area contributed by atoms with Crippen LogP contribution < -0.4 is 15.1 Å². The van der Waals surface area contributed by atoms with Gasteiger partial charge in [-0.05, 0) is 48.7 Å². The second kappa shape index (κ2) is 8.43. The number of halogens is 1. The highest BCUT2D eigenvalue weighted by atomic mass is 19.1. The monoisotopic (exact) mass is 392 g/mol. The third-order valence-electron chi connectivity index (χ3n) is 5.43. The van der Waals surface area contributed by atoms with Gasteiger partial charge in [-0.2, -0.15) is 10.1 Å². The highest BCUT2D eigenvalue weighted by molar-refractivity contribution is 5.57. The summed E-state index contributed by atoms with van der Waals surface area (Å²) >= 11 is 0. The van der Waals surface area contributed by atoms with Crippen LogP contribution in [0, 0.1) is 19.7 Å². The van der Waals surface area contributed by atoms with Crippen LogP contribution in [0.3, 0.4) is 0 Å². The summed E-state index contributed by atoms with van der Waals surface area (Å²) < 4.78 is 13.0. The minimum Gasteiger partial charge on any atom is -0.368 e. The molecule has 0 amide bonds. The number of benzene rings is 2. The Balaban J connectivity index is 1.38. The molecule has 2 heterocycles. The summed E-state index contributed by atoms with van der Waals surface area (Å²) in [5.74, 6) is 1.06. The maximum atomic E-state index is 13.0. The lowest BCUT2D eigenvalue weighted by atomic mass is 10.1. The fourth-order valence-electron chi connectivity index (χ4n) is 3.56. The number of nitrogens with one attached hydrogen (secondary N) is 1. The largest absolute Gasteiger partial charge is 0.368 e. The molecule has 4 rings (SSSR count). The number of piperazine rings is 1. The van der Waals surface area contributed by atoms with Crippen LogP contribution in [0.15, 0.2) is 48.7 Å². The summed E-state index contributed by atoms with van der Waals surface area (Å²) in [5.41, 5.74) is 4.94. The molecule has 1 N–H and O–H groups in total. The van der Waals surface area contributed by atoms with Crippen LogP contribution in [0.2, 0.25) is 0 Å². The first-order chi connectivity index (χ1) is 14.1. The number of nitrogens with zero attached hydrogens (tertiary/aromatic N) is 5. The topological polar surface area (TPSA) is 57.2 Å². The van der Waals surface area contributed by atoms with E-state index in [1.807, 2.05) is 0 Å². The van der Waals surface area contributed by atoms with Crippen molar-refractivity contribution < 1.29 is 4.39 Å². The van der Waals surface area contributed by atoms with Gasteiger partial charge in [0.15, 0.2) is 5.82 Å². The lowest BCUT2D eigenvalue weighted by molar-refractivity contribution is 0.627. The summed E-state index contributed by atoms with van der Waals surface area (Å²) in [5, 5.41) is 11.3. The zero-order valence-corrected chi connectivity index (χ0v) is 16.8. The van der Waals surface area contributed by atoms with Gasteiger partial charge in [0.1, 0.15) is 5.82 Å². The second-order valence-electron chi connectivity index (χ2n) is 7.31. The van der Waals surface area contributed by atoms with Crippen LogP contribution in [0.1, 0.15) is 16.7 Å². The molecule has 1 fully saturated rings. The number of aryl methyl sites for hydroxylation is 1. The average Bonchev–Trinajstić information content (AvgIpc) is 2.76. The smallest absolute Gasteiger partial charge is 0.244 e. The Morgan fingerprint density at radius 3 is 2.45 bits per heavy atom. The van der Waals surface area contributed by atoms with E-state index in [1.54, 1.807) is 18.3 Å². The maximum Gasteiger partial charge on any atom is 0.244 e. The Morgan fingerprint density at radius 1 is 0.966 bits per heavy atom. The van der Waals surface area contributed by atoms with Crippen molar-refractivity contribution in [2.75, 3.05) is 41.3 Å². The molecule has 6 nitrogen and oxygen atoms in total. The Morgan fingerprint density at radius 2 is 1.69 bits per heavy atom. The lowest BCUT2D eigenvalue weighted by Crippen LogP contribution is -2.47. The first kappa shape index (κ1) is 19.1. The Labute approximate surface area is 170 Å². The molecule has 1 aromatic heterocycles. The summed E-state index contributed by atoms with van der Waals surface area (Å²) in [4.78, 5) is 9.27. The van der Waals surface area contributed by atoms with Gasteiger partial charge < -0.3 is 15.1 Å². The summed E-state index contributed by atoms with van der Waals surface area (Å²) in [6, 6.07) is 12.9. The molecular weight excluding hydrogens is 367 g/mol. The van der Waals surface area contributed by atoms with E-state index in [0.717, 1.165) is 37.6 Å². The molecule has 0 aliphatic carbocycles. The number of hydrogen-bond acceptors (Lipinski definition) is 6. The zero-order chi connectivity index (χ0) is 20.2. The molecular formula is C22H25FN6. The fraction of sp³-hybridized carbons (Fsp3) is 0.318. The van der Waals surface area contributed by atoms with Crippen LogP contribution >= 0.6 is 0 Å². The first-order valence-electron chi connectivity index (χ1n) is 9.84. The van der Waals surface area contributed by atoms with E-state index in [0.29, 0.717) is 12.5 Å². The van der Waals surface area contributed by atoms with E-state index in [1.165, 1.54) is 28.9 Å². The van der Waals surface area contributed by atoms with Crippen molar-refractivity contribution in [3.05, 3.63) is 71.2 Å². The molecule has 0 atom stereocenters. The van der Waals surface area contributed by atoms with E-state index in [-0.39, 0.29) is 5.82 Å². The number of hydrogen-bond donors (Lipinski definition) is 1. The van der Waals surface area contributed by atoms with Crippen LogP contribution in [0.4, 0.5) is 21.8 Å². The highest BCUT2D eigenvalue weighted by Gasteiger charge is 2.20. The molecule has 0 spiro atoms. The molecule has 1 aliphatic heterocycles. The Kier molecular flexibility index (Phi) is 5.55. The van der Waals surface area contributed by atoms with Crippen molar-refractivity contribution in [2.45, 2.75) is 20.4 Å². The van der Waals surface area contributed by atoms with E-state index in [4.69, 9.17) is 0 Å². The molecule has 0 unspecified atom stereocenters. The minimum absolute atomic E-state index is 0.242. The molecule has 0 saturated carbocycles. The second-order valence-corrected chi connectivity index (χ2v) is 7.31. The SMILES string of the molecule is Cc1cccc(N2CCN(c3cnnc(NCc4ccc(F)cc4)n3)CC2)c1C. The third-order valence-corrected chi connectivity index (χ3v) is 5.43. The highest BCUT2D eigenvalue weighted by Crippen LogP contribution is 2.25. The summed E-state index contributed by atoms with van der Waals surface area (Å²) in [6.07, 6.45) is 1.71. The van der Waals surface area contributed by atoms with Crippen molar-refractivity contribution >= 4 is 17.5 Å². The van der Waals surface area contributed by atoms with Gasteiger partial charge in [0.05, 0.1) is 6.20 Å². The van der Waals surface area contributed by atoms with Gasteiger partial charge in [0.25, 0.3) is 0 Å². The number of rotatable bonds is 5. The molecule has 2 aromatic carbocycles. The molecule has 1 saturated heterocycles. The van der Waals surface area contributed by atoms with Crippen molar-refractivity contribution in [1.29, 1.82) is 0 Å². The standard InChI is InChI=1S/C22H25FN6/c1-16-4-3-5-20(17(16)2)28-10-12-29(13-11-28)21-15-25-27-22(26-21)24-14-18-6-8-19(23)9-7-18/h3-9,15H,10-14H2,1-2H3,(H,24,26,27). The summed E-state index contributed by atoms with van der Waals surface area (Å²) in [6.45, 7) is 8.49. The van der Waals surface area contributed by atoms with E-state index in [9.17, 15) is 4.39 Å². The van der Waals surface area contributed by atoms with Gasteiger partial charge in [0.2, 0.25) is 5.95 Å². The molecule has 150 valence electrons. The fourth-order valence-corrected chi connectivity index (χ4v) is 3.56.